The Kier molecular flexibility index (Phi) is 4.53. The molecule has 2 aromatic carbocycles. The minimum atomic E-state index is -0.0876. The number of rotatable bonds is 4. The molecule has 0 spiro atoms. The Balaban J connectivity index is 2.50. The van der Waals surface area contributed by atoms with E-state index in [1.54, 1.807) is 38.5 Å². The molecule has 0 heterocycles. The van der Waals surface area contributed by atoms with Gasteiger partial charge in [0, 0.05) is 16.1 Å². The van der Waals surface area contributed by atoms with Crippen molar-refractivity contribution in [2.45, 2.75) is 13.8 Å². The molecule has 110 valence electrons. The van der Waals surface area contributed by atoms with Crippen LogP contribution in [-0.4, -0.2) is 20.0 Å². The first-order chi connectivity index (χ1) is 9.97. The molecule has 0 fully saturated rings. The lowest BCUT2D eigenvalue weighted by Crippen LogP contribution is -2.05. The molecule has 0 aromatic heterocycles. The predicted octanol–water partition coefficient (Wildman–Crippen LogP) is 4.21. The normalized spacial score (nSPS) is 10.3. The van der Waals surface area contributed by atoms with E-state index in [0.717, 1.165) is 11.1 Å². The molecule has 4 heteroatoms. The third-order valence-corrected chi connectivity index (χ3v) is 3.82. The number of ketones is 1. The molecule has 3 nitrogen and oxygen atoms in total. The molecule has 2 rings (SSSR count). The highest BCUT2D eigenvalue weighted by Gasteiger charge is 2.16. The van der Waals surface area contributed by atoms with Gasteiger partial charge in [-0.05, 0) is 43.2 Å². The quantitative estimate of drug-likeness (QED) is 0.794. The number of ether oxygens (including phenoxy) is 2. The lowest BCUT2D eigenvalue weighted by molar-refractivity contribution is 0.103. The van der Waals surface area contributed by atoms with Crippen molar-refractivity contribution in [1.82, 2.24) is 0 Å². The zero-order valence-electron chi connectivity index (χ0n) is 12.5. The molecule has 0 amide bonds. The summed E-state index contributed by atoms with van der Waals surface area (Å²) in [5, 5.41) is 0.582. The van der Waals surface area contributed by atoms with Gasteiger partial charge in [-0.3, -0.25) is 4.79 Å². The van der Waals surface area contributed by atoms with E-state index < -0.39 is 0 Å². The fraction of sp³-hybridized carbons (Fsp3) is 0.235. The van der Waals surface area contributed by atoms with Crippen LogP contribution in [0.15, 0.2) is 30.3 Å². The molecule has 0 N–H and O–H groups in total. The Morgan fingerprint density at radius 1 is 0.952 bits per heavy atom. The highest BCUT2D eigenvalue weighted by molar-refractivity contribution is 6.32. The third-order valence-electron chi connectivity index (χ3n) is 3.41. The topological polar surface area (TPSA) is 35.5 Å². The fourth-order valence-electron chi connectivity index (χ4n) is 2.11. The maximum absolute atomic E-state index is 12.6. The Morgan fingerprint density at radius 3 is 2.14 bits per heavy atom. The average molecular weight is 305 g/mol. The molecule has 0 atom stereocenters. The summed E-state index contributed by atoms with van der Waals surface area (Å²) in [5.41, 5.74) is 2.90. The predicted molar refractivity (Wildman–Crippen MR) is 83.9 cm³/mol. The van der Waals surface area contributed by atoms with E-state index in [9.17, 15) is 4.79 Å². The maximum atomic E-state index is 12.6. The van der Waals surface area contributed by atoms with Gasteiger partial charge in [0.15, 0.2) is 17.3 Å². The number of hydrogen-bond acceptors (Lipinski definition) is 3. The minimum absolute atomic E-state index is 0.0876. The van der Waals surface area contributed by atoms with E-state index >= 15 is 0 Å². The van der Waals surface area contributed by atoms with Gasteiger partial charge < -0.3 is 9.47 Å². The van der Waals surface area contributed by atoms with Crippen LogP contribution in [0, 0.1) is 13.8 Å². The molecular weight excluding hydrogens is 288 g/mol. The number of carbonyl (C=O) groups is 1. The van der Waals surface area contributed by atoms with Gasteiger partial charge in [0.05, 0.1) is 14.2 Å². The van der Waals surface area contributed by atoms with Gasteiger partial charge in [-0.15, -0.1) is 0 Å². The fourth-order valence-corrected chi connectivity index (χ4v) is 2.30. The number of carbonyl (C=O) groups excluding carboxylic acids is 1. The van der Waals surface area contributed by atoms with Crippen LogP contribution in [0.25, 0.3) is 0 Å². The molecule has 0 saturated heterocycles. The van der Waals surface area contributed by atoms with Gasteiger partial charge in [-0.1, -0.05) is 23.7 Å². The molecular formula is C17H17ClO3. The van der Waals surface area contributed by atoms with Crippen LogP contribution in [0.1, 0.15) is 27.0 Å². The van der Waals surface area contributed by atoms with Crippen molar-refractivity contribution in [3.05, 3.63) is 57.6 Å². The van der Waals surface area contributed by atoms with Crippen molar-refractivity contribution >= 4 is 17.4 Å². The van der Waals surface area contributed by atoms with Crippen LogP contribution in [-0.2, 0) is 0 Å². The van der Waals surface area contributed by atoms with Crippen molar-refractivity contribution in [2.24, 2.45) is 0 Å². The van der Waals surface area contributed by atoms with Crippen molar-refractivity contribution in [3.63, 3.8) is 0 Å². The lowest BCUT2D eigenvalue weighted by atomic mass is 9.98. The minimum Gasteiger partial charge on any atom is -0.493 e. The van der Waals surface area contributed by atoms with E-state index in [2.05, 4.69) is 0 Å². The molecule has 0 aliphatic rings. The molecule has 2 aromatic rings. The van der Waals surface area contributed by atoms with Gasteiger partial charge >= 0.3 is 0 Å². The maximum Gasteiger partial charge on any atom is 0.193 e. The monoisotopic (exact) mass is 304 g/mol. The van der Waals surface area contributed by atoms with E-state index in [-0.39, 0.29) is 5.78 Å². The molecule has 0 unspecified atom stereocenters. The number of aryl methyl sites for hydroxylation is 2. The number of halogens is 1. The lowest BCUT2D eigenvalue weighted by Gasteiger charge is -2.12. The highest BCUT2D eigenvalue weighted by atomic mass is 35.5. The van der Waals surface area contributed by atoms with E-state index in [1.807, 2.05) is 19.9 Å². The Morgan fingerprint density at radius 2 is 1.57 bits per heavy atom. The largest absolute Gasteiger partial charge is 0.493 e. The summed E-state index contributed by atoms with van der Waals surface area (Å²) in [5.74, 6) is 1.05. The second kappa shape index (κ2) is 6.19. The van der Waals surface area contributed by atoms with Crippen LogP contribution in [0.2, 0.25) is 5.02 Å². The van der Waals surface area contributed by atoms with Gasteiger partial charge in [0.25, 0.3) is 0 Å². The first kappa shape index (κ1) is 15.4. The van der Waals surface area contributed by atoms with Crippen LogP contribution in [0.4, 0.5) is 0 Å². The number of benzene rings is 2. The summed E-state index contributed by atoms with van der Waals surface area (Å²) in [6.07, 6.45) is 0. The summed E-state index contributed by atoms with van der Waals surface area (Å²) >= 11 is 6.09. The van der Waals surface area contributed by atoms with Crippen molar-refractivity contribution in [3.8, 4) is 11.5 Å². The summed E-state index contributed by atoms with van der Waals surface area (Å²) < 4.78 is 10.5. The zero-order chi connectivity index (χ0) is 15.6. The van der Waals surface area contributed by atoms with E-state index in [1.165, 1.54) is 0 Å². The summed E-state index contributed by atoms with van der Waals surface area (Å²) in [6, 6.07) is 8.80. The van der Waals surface area contributed by atoms with Crippen LogP contribution in [0.3, 0.4) is 0 Å². The SMILES string of the molecule is COc1cc(C)c(C(=O)c2ccc(C)c(Cl)c2)cc1OC. The smallest absolute Gasteiger partial charge is 0.193 e. The summed E-state index contributed by atoms with van der Waals surface area (Å²) in [7, 11) is 3.11. The number of methoxy groups -OCH3 is 2. The number of hydrogen-bond donors (Lipinski definition) is 0. The standard InChI is InChI=1S/C17H17ClO3/c1-10-5-6-12(8-14(10)18)17(19)13-9-16(21-4)15(20-3)7-11(13)2/h5-9H,1-4H3. The molecule has 0 saturated carbocycles. The van der Waals surface area contributed by atoms with Gasteiger partial charge in [-0.2, -0.15) is 0 Å². The van der Waals surface area contributed by atoms with E-state index in [0.29, 0.717) is 27.6 Å². The first-order valence-corrected chi connectivity index (χ1v) is 6.89. The highest BCUT2D eigenvalue weighted by Crippen LogP contribution is 2.31. The first-order valence-electron chi connectivity index (χ1n) is 6.51. The molecule has 0 bridgehead atoms. The zero-order valence-corrected chi connectivity index (χ0v) is 13.2. The third kappa shape index (κ3) is 3.03. The summed E-state index contributed by atoms with van der Waals surface area (Å²) in [4.78, 5) is 12.6. The van der Waals surface area contributed by atoms with Crippen LogP contribution < -0.4 is 9.47 Å². The molecule has 0 aliphatic heterocycles. The van der Waals surface area contributed by atoms with E-state index in [4.69, 9.17) is 21.1 Å². The van der Waals surface area contributed by atoms with Crippen LogP contribution >= 0.6 is 11.6 Å². The van der Waals surface area contributed by atoms with Crippen molar-refractivity contribution < 1.29 is 14.3 Å². The second-order valence-corrected chi connectivity index (χ2v) is 5.22. The Bertz CT molecular complexity index is 693. The second-order valence-electron chi connectivity index (χ2n) is 4.82. The molecule has 0 aliphatic carbocycles. The Labute approximate surface area is 129 Å². The van der Waals surface area contributed by atoms with Gasteiger partial charge in [0.1, 0.15) is 0 Å². The molecule has 0 radical (unpaired) electrons. The average Bonchev–Trinajstić information content (AvgIpc) is 2.49. The van der Waals surface area contributed by atoms with Crippen molar-refractivity contribution in [1.29, 1.82) is 0 Å². The van der Waals surface area contributed by atoms with Gasteiger partial charge in [0.2, 0.25) is 0 Å². The molecule has 21 heavy (non-hydrogen) atoms. The van der Waals surface area contributed by atoms with Crippen molar-refractivity contribution in [2.75, 3.05) is 14.2 Å². The van der Waals surface area contributed by atoms with Gasteiger partial charge in [-0.25, -0.2) is 0 Å². The summed E-state index contributed by atoms with van der Waals surface area (Å²) in [6.45, 7) is 3.77. The Hall–Kier alpha value is -2.00. The van der Waals surface area contributed by atoms with Crippen LogP contribution in [0.5, 0.6) is 11.5 Å².